The van der Waals surface area contributed by atoms with Crippen molar-refractivity contribution in [3.63, 3.8) is 0 Å². The fourth-order valence-electron chi connectivity index (χ4n) is 2.09. The van der Waals surface area contributed by atoms with Crippen molar-refractivity contribution < 1.29 is 23.1 Å². The Kier molecular flexibility index (Phi) is 4.79. The van der Waals surface area contributed by atoms with Crippen molar-refractivity contribution in [1.29, 1.82) is 0 Å². The summed E-state index contributed by atoms with van der Waals surface area (Å²) in [5.41, 5.74) is 0.839. The van der Waals surface area contributed by atoms with Gasteiger partial charge < -0.3 is 9.84 Å². The van der Waals surface area contributed by atoms with Gasteiger partial charge in [-0.3, -0.25) is 4.79 Å². The number of thiophene rings is 1. The van der Waals surface area contributed by atoms with Crippen LogP contribution in [0.1, 0.15) is 18.4 Å². The van der Waals surface area contributed by atoms with Crippen molar-refractivity contribution >= 4 is 27.3 Å². The Labute approximate surface area is 121 Å². The smallest absolute Gasteiger partial charge is 0.321 e. The number of hydrogen-bond acceptors (Lipinski definition) is 5. The number of carboxylic acids is 1. The zero-order valence-electron chi connectivity index (χ0n) is 11.0. The van der Waals surface area contributed by atoms with Gasteiger partial charge >= 0.3 is 5.97 Å². The van der Waals surface area contributed by atoms with Gasteiger partial charge in [0, 0.05) is 13.2 Å². The molecule has 8 heteroatoms. The second-order valence-electron chi connectivity index (χ2n) is 4.92. The zero-order valence-corrected chi connectivity index (χ0v) is 12.7. The Morgan fingerprint density at radius 1 is 1.65 bits per heavy atom. The third-order valence-electron chi connectivity index (χ3n) is 3.16. The summed E-state index contributed by atoms with van der Waals surface area (Å²) in [6.07, 6.45) is 1.02. The van der Waals surface area contributed by atoms with Gasteiger partial charge in [0.15, 0.2) is 0 Å². The summed E-state index contributed by atoms with van der Waals surface area (Å²) >= 11 is 1.08. The van der Waals surface area contributed by atoms with Crippen molar-refractivity contribution in [1.82, 2.24) is 4.72 Å². The Morgan fingerprint density at radius 3 is 2.90 bits per heavy atom. The van der Waals surface area contributed by atoms with Crippen molar-refractivity contribution in [2.24, 2.45) is 5.92 Å². The summed E-state index contributed by atoms with van der Waals surface area (Å²) in [6, 6.07) is 0.416. The van der Waals surface area contributed by atoms with E-state index < -0.39 is 22.0 Å². The molecule has 0 bridgehead atoms. The highest BCUT2D eigenvalue weighted by Gasteiger charge is 2.30. The van der Waals surface area contributed by atoms with Gasteiger partial charge in [-0.05, 0) is 42.7 Å². The monoisotopic (exact) mass is 319 g/mol. The van der Waals surface area contributed by atoms with E-state index in [0.29, 0.717) is 13.2 Å². The van der Waals surface area contributed by atoms with Gasteiger partial charge in [-0.15, -0.1) is 11.3 Å². The number of carbonyl (C=O) groups is 1. The highest BCUT2D eigenvalue weighted by Crippen LogP contribution is 2.22. The summed E-state index contributed by atoms with van der Waals surface area (Å²) < 4.78 is 31.9. The molecule has 2 rings (SSSR count). The highest BCUT2D eigenvalue weighted by molar-refractivity contribution is 7.91. The molecule has 2 atom stereocenters. The van der Waals surface area contributed by atoms with E-state index in [-0.39, 0.29) is 16.5 Å². The van der Waals surface area contributed by atoms with Crippen LogP contribution in [0, 0.1) is 12.8 Å². The first kappa shape index (κ1) is 15.4. The summed E-state index contributed by atoms with van der Waals surface area (Å²) in [4.78, 5) is 11.2. The molecular weight excluding hydrogens is 302 g/mol. The summed E-state index contributed by atoms with van der Waals surface area (Å²) in [7, 11) is -3.78. The van der Waals surface area contributed by atoms with Crippen molar-refractivity contribution in [3.05, 3.63) is 17.0 Å². The number of aryl methyl sites for hydroxylation is 1. The lowest BCUT2D eigenvalue weighted by molar-refractivity contribution is -0.139. The third kappa shape index (κ3) is 3.78. The van der Waals surface area contributed by atoms with Gasteiger partial charge in [0.1, 0.15) is 10.3 Å². The average molecular weight is 319 g/mol. The maximum atomic E-state index is 12.1. The fourth-order valence-corrected chi connectivity index (χ4v) is 4.54. The third-order valence-corrected chi connectivity index (χ3v) is 6.19. The number of hydrogen-bond donors (Lipinski definition) is 2. The van der Waals surface area contributed by atoms with Crippen LogP contribution in [-0.2, 0) is 19.6 Å². The summed E-state index contributed by atoms with van der Waals surface area (Å²) in [5, 5.41) is 10.9. The van der Waals surface area contributed by atoms with Crippen molar-refractivity contribution in [2.75, 3.05) is 13.2 Å². The number of ether oxygens (including phenoxy) is 1. The molecule has 0 aromatic carbocycles. The number of carboxylic acid groups (broad SMARTS) is 1. The molecule has 20 heavy (non-hydrogen) atoms. The molecule has 2 unspecified atom stereocenters. The quantitative estimate of drug-likeness (QED) is 0.822. The van der Waals surface area contributed by atoms with Gasteiger partial charge in [-0.25, -0.2) is 8.42 Å². The van der Waals surface area contributed by atoms with Crippen LogP contribution in [0.25, 0.3) is 0 Å². The molecule has 112 valence electrons. The van der Waals surface area contributed by atoms with Crippen LogP contribution in [0.2, 0.25) is 0 Å². The number of aliphatic carboxylic acids is 1. The lowest BCUT2D eigenvalue weighted by atomic mass is 10.00. The lowest BCUT2D eigenvalue weighted by Gasteiger charge is -2.16. The summed E-state index contributed by atoms with van der Waals surface area (Å²) in [6.45, 7) is 2.89. The maximum Gasteiger partial charge on any atom is 0.321 e. The number of sulfonamides is 1. The minimum absolute atomic E-state index is 0.0869. The molecule has 0 spiro atoms. The van der Waals surface area contributed by atoms with Crippen LogP contribution in [0.3, 0.4) is 0 Å². The van der Waals surface area contributed by atoms with Crippen molar-refractivity contribution in [3.8, 4) is 0 Å². The number of rotatable bonds is 6. The molecule has 0 aliphatic carbocycles. The molecular formula is C12H17NO5S2. The van der Waals surface area contributed by atoms with Crippen LogP contribution in [0.5, 0.6) is 0 Å². The highest BCUT2D eigenvalue weighted by atomic mass is 32.2. The molecule has 1 aliphatic rings. The molecule has 0 radical (unpaired) electrons. The molecule has 0 amide bonds. The first-order valence-corrected chi connectivity index (χ1v) is 8.63. The average Bonchev–Trinajstić information content (AvgIpc) is 2.99. The molecule has 2 heterocycles. The molecule has 6 nitrogen and oxygen atoms in total. The topological polar surface area (TPSA) is 92.7 Å². The zero-order chi connectivity index (χ0) is 14.8. The Bertz CT molecular complexity index is 574. The predicted molar refractivity (Wildman–Crippen MR) is 74.3 cm³/mol. The molecule has 0 saturated carbocycles. The first-order valence-electron chi connectivity index (χ1n) is 6.26. The van der Waals surface area contributed by atoms with Crippen LogP contribution >= 0.6 is 11.3 Å². The van der Waals surface area contributed by atoms with E-state index in [1.807, 2.05) is 0 Å². The first-order chi connectivity index (χ1) is 9.38. The van der Waals surface area contributed by atoms with Crippen LogP contribution < -0.4 is 4.72 Å². The minimum Gasteiger partial charge on any atom is -0.480 e. The number of nitrogens with one attached hydrogen (secondary N) is 1. The molecule has 1 fully saturated rings. The Balaban J connectivity index is 2.08. The van der Waals surface area contributed by atoms with E-state index in [9.17, 15) is 18.3 Å². The summed E-state index contributed by atoms with van der Waals surface area (Å²) in [5.74, 6) is -1.07. The Hall–Kier alpha value is -0.960. The molecule has 1 aliphatic heterocycles. The van der Waals surface area contributed by atoms with Crippen LogP contribution in [-0.4, -0.2) is 38.7 Å². The van der Waals surface area contributed by atoms with Gasteiger partial charge in [0.05, 0.1) is 0 Å². The largest absolute Gasteiger partial charge is 0.480 e. The van der Waals surface area contributed by atoms with Crippen LogP contribution in [0.4, 0.5) is 0 Å². The van der Waals surface area contributed by atoms with E-state index >= 15 is 0 Å². The standard InChI is InChI=1S/C12H17NO5S2/c1-8-4-11(19-7-8)20(16,17)13-10(12(14)15)5-9-2-3-18-6-9/h4,7,9-10,13H,2-3,5-6H2,1H3,(H,14,15). The molecule has 1 aromatic rings. The van der Waals surface area contributed by atoms with E-state index in [4.69, 9.17) is 4.74 Å². The lowest BCUT2D eigenvalue weighted by Crippen LogP contribution is -2.41. The second-order valence-corrected chi connectivity index (χ2v) is 7.77. The van der Waals surface area contributed by atoms with E-state index in [1.54, 1.807) is 12.3 Å². The predicted octanol–water partition coefficient (Wildman–Crippen LogP) is 1.21. The SMILES string of the molecule is Cc1csc(S(=O)(=O)NC(CC2CCOC2)C(=O)O)c1. The fraction of sp³-hybridized carbons (Fsp3) is 0.583. The van der Waals surface area contributed by atoms with Crippen molar-refractivity contribution in [2.45, 2.75) is 30.0 Å². The molecule has 2 N–H and O–H groups in total. The normalized spacial score (nSPS) is 20.9. The maximum absolute atomic E-state index is 12.1. The molecule has 1 aromatic heterocycles. The van der Waals surface area contributed by atoms with Gasteiger partial charge in [-0.1, -0.05) is 0 Å². The van der Waals surface area contributed by atoms with Gasteiger partial charge in [-0.2, -0.15) is 4.72 Å². The van der Waals surface area contributed by atoms with E-state index in [0.717, 1.165) is 23.3 Å². The van der Waals surface area contributed by atoms with Crippen LogP contribution in [0.15, 0.2) is 15.7 Å². The van der Waals surface area contributed by atoms with E-state index in [2.05, 4.69) is 4.72 Å². The van der Waals surface area contributed by atoms with E-state index in [1.165, 1.54) is 6.07 Å². The minimum atomic E-state index is -3.78. The second kappa shape index (κ2) is 6.21. The van der Waals surface area contributed by atoms with Gasteiger partial charge in [0.25, 0.3) is 10.0 Å². The Morgan fingerprint density at radius 2 is 2.40 bits per heavy atom. The molecule has 1 saturated heterocycles. The van der Waals surface area contributed by atoms with Gasteiger partial charge in [0.2, 0.25) is 0 Å².